The highest BCUT2D eigenvalue weighted by Gasteiger charge is 2.50. The van der Waals surface area contributed by atoms with Gasteiger partial charge in [0.15, 0.2) is 0 Å². The summed E-state index contributed by atoms with van der Waals surface area (Å²) < 4.78 is 0. The Bertz CT molecular complexity index is 1100. The highest BCUT2D eigenvalue weighted by atomic mass is 16.2. The number of fused-ring (bicyclic) bond motifs is 1. The number of pyridine rings is 1. The molecular weight excluding hydrogens is 370 g/mol. The van der Waals surface area contributed by atoms with E-state index in [1.54, 1.807) is 17.3 Å². The average molecular weight is 391 g/mol. The monoisotopic (exact) mass is 391 g/mol. The van der Waals surface area contributed by atoms with Gasteiger partial charge in [0.1, 0.15) is 17.8 Å². The van der Waals surface area contributed by atoms with Gasteiger partial charge >= 0.3 is 0 Å². The zero-order chi connectivity index (χ0) is 20.0. The summed E-state index contributed by atoms with van der Waals surface area (Å²) in [5.74, 6) is -0.0354. The van der Waals surface area contributed by atoms with E-state index >= 15 is 0 Å². The molecule has 29 heavy (non-hydrogen) atoms. The van der Waals surface area contributed by atoms with Crippen molar-refractivity contribution in [2.75, 3.05) is 18.8 Å². The van der Waals surface area contributed by atoms with Crippen LogP contribution in [-0.4, -0.2) is 55.8 Å². The molecule has 9 heteroatoms. The maximum atomic E-state index is 12.6. The Labute approximate surface area is 166 Å². The van der Waals surface area contributed by atoms with Gasteiger partial charge in [0, 0.05) is 48.5 Å². The summed E-state index contributed by atoms with van der Waals surface area (Å²) in [6.45, 7) is 1.34. The smallest absolute Gasteiger partial charge is 0.259 e. The minimum absolute atomic E-state index is 0.0703. The Balaban J connectivity index is 1.19. The molecule has 9 nitrogen and oxygen atoms in total. The third-order valence-corrected chi connectivity index (χ3v) is 6.01. The summed E-state index contributed by atoms with van der Waals surface area (Å²) in [6, 6.07) is 3.84. The molecule has 4 heterocycles. The molecule has 1 saturated carbocycles. The second kappa shape index (κ2) is 6.54. The first-order chi connectivity index (χ1) is 14.0. The quantitative estimate of drug-likeness (QED) is 0.618. The number of amides is 2. The predicted molar refractivity (Wildman–Crippen MR) is 106 cm³/mol. The van der Waals surface area contributed by atoms with Crippen LogP contribution in [0, 0.1) is 5.41 Å². The zero-order valence-corrected chi connectivity index (χ0v) is 15.8. The van der Waals surface area contributed by atoms with Crippen molar-refractivity contribution in [1.82, 2.24) is 30.2 Å². The first-order valence-electron chi connectivity index (χ1n) is 9.62. The van der Waals surface area contributed by atoms with Crippen molar-refractivity contribution in [2.45, 2.75) is 25.3 Å². The van der Waals surface area contributed by atoms with Gasteiger partial charge in [-0.25, -0.2) is 15.0 Å². The molecular formula is C20H21N7O2. The van der Waals surface area contributed by atoms with Gasteiger partial charge in [0.05, 0.1) is 11.1 Å². The highest BCUT2D eigenvalue weighted by Crippen LogP contribution is 2.46. The largest absolute Gasteiger partial charge is 0.383 e. The van der Waals surface area contributed by atoms with Crippen LogP contribution >= 0.6 is 0 Å². The lowest BCUT2D eigenvalue weighted by atomic mass is 9.77. The van der Waals surface area contributed by atoms with Gasteiger partial charge in [0.25, 0.3) is 11.8 Å². The number of likely N-dealkylation sites (tertiary alicyclic amines) is 1. The Morgan fingerprint density at radius 1 is 1.28 bits per heavy atom. The van der Waals surface area contributed by atoms with E-state index in [1.807, 2.05) is 12.1 Å². The highest BCUT2D eigenvalue weighted by molar-refractivity contribution is 5.98. The predicted octanol–water partition coefficient (Wildman–Crippen LogP) is 1.36. The standard InChI is InChI=1S/C20H21N7O2/c21-16-15(8-22-11-25-16)19(29)27-9-20(10-27)3-1-14(6-20)26-18(28)13-5-12-2-4-23-17(12)24-7-13/h2,4-5,7-8,11,14H,1,3,6,9-10H2,(H,23,24)(H,26,28)(H2,21,22,25). The number of nitrogens with two attached hydrogens (primary N) is 1. The fraction of sp³-hybridized carbons (Fsp3) is 0.350. The minimum atomic E-state index is -0.132. The van der Waals surface area contributed by atoms with E-state index in [4.69, 9.17) is 5.73 Å². The molecule has 1 atom stereocenters. The van der Waals surface area contributed by atoms with E-state index < -0.39 is 0 Å². The Morgan fingerprint density at radius 2 is 2.14 bits per heavy atom. The number of hydrogen-bond donors (Lipinski definition) is 3. The van der Waals surface area contributed by atoms with Gasteiger partial charge < -0.3 is 20.9 Å². The second-order valence-electron chi connectivity index (χ2n) is 8.04. The SMILES string of the molecule is Nc1ncncc1C(=O)N1CC2(CCC(NC(=O)c3cnc4[nH]ccc4c3)C2)C1. The number of carbonyl (C=O) groups is 2. The minimum Gasteiger partial charge on any atom is -0.383 e. The maximum absolute atomic E-state index is 12.6. The summed E-state index contributed by atoms with van der Waals surface area (Å²) in [4.78, 5) is 42.1. The lowest BCUT2D eigenvalue weighted by Gasteiger charge is -2.48. The first-order valence-corrected chi connectivity index (χ1v) is 9.62. The zero-order valence-electron chi connectivity index (χ0n) is 15.8. The number of aromatic amines is 1. The van der Waals surface area contributed by atoms with Crippen LogP contribution in [-0.2, 0) is 0 Å². The normalized spacial score (nSPS) is 20.0. The summed E-state index contributed by atoms with van der Waals surface area (Å²) in [7, 11) is 0. The number of rotatable bonds is 3. The van der Waals surface area contributed by atoms with Crippen molar-refractivity contribution in [3.63, 3.8) is 0 Å². The van der Waals surface area contributed by atoms with Crippen molar-refractivity contribution >= 4 is 28.7 Å². The van der Waals surface area contributed by atoms with E-state index in [0.29, 0.717) is 24.2 Å². The van der Waals surface area contributed by atoms with Crippen LogP contribution in [0.4, 0.5) is 5.82 Å². The fourth-order valence-corrected chi connectivity index (χ4v) is 4.53. The van der Waals surface area contributed by atoms with Crippen molar-refractivity contribution in [3.05, 3.63) is 48.2 Å². The lowest BCUT2D eigenvalue weighted by Crippen LogP contribution is -2.57. The molecule has 3 aromatic rings. The molecule has 0 bridgehead atoms. The van der Waals surface area contributed by atoms with Crippen LogP contribution in [0.15, 0.2) is 37.1 Å². The van der Waals surface area contributed by atoms with Crippen LogP contribution in [0.25, 0.3) is 11.0 Å². The first kappa shape index (κ1) is 17.6. The number of nitrogens with zero attached hydrogens (tertiary/aromatic N) is 4. The van der Waals surface area contributed by atoms with E-state index in [0.717, 1.165) is 30.3 Å². The van der Waals surface area contributed by atoms with Gasteiger partial charge in [0.2, 0.25) is 0 Å². The van der Waals surface area contributed by atoms with Crippen LogP contribution < -0.4 is 11.1 Å². The molecule has 0 aromatic carbocycles. The Hall–Kier alpha value is -3.49. The Kier molecular flexibility index (Phi) is 3.97. The number of nitrogen functional groups attached to an aromatic ring is 1. The fourth-order valence-electron chi connectivity index (χ4n) is 4.53. The molecule has 4 N–H and O–H groups in total. The molecule has 5 rings (SSSR count). The number of anilines is 1. The van der Waals surface area contributed by atoms with E-state index in [1.165, 1.54) is 12.5 Å². The van der Waals surface area contributed by atoms with Gasteiger partial charge in [-0.15, -0.1) is 0 Å². The molecule has 1 unspecified atom stereocenters. The topological polar surface area (TPSA) is 130 Å². The molecule has 2 amide bonds. The number of hydrogen-bond acceptors (Lipinski definition) is 6. The molecule has 0 radical (unpaired) electrons. The summed E-state index contributed by atoms with van der Waals surface area (Å²) in [6.07, 6.45) is 8.94. The molecule has 148 valence electrons. The summed E-state index contributed by atoms with van der Waals surface area (Å²) >= 11 is 0. The van der Waals surface area contributed by atoms with E-state index in [9.17, 15) is 9.59 Å². The lowest BCUT2D eigenvalue weighted by molar-refractivity contribution is 0.00813. The molecule has 1 spiro atoms. The van der Waals surface area contributed by atoms with Crippen molar-refractivity contribution in [2.24, 2.45) is 5.41 Å². The van der Waals surface area contributed by atoms with Crippen LogP contribution in [0.2, 0.25) is 0 Å². The van der Waals surface area contributed by atoms with E-state index in [2.05, 4.69) is 25.3 Å². The van der Waals surface area contributed by atoms with Crippen LogP contribution in [0.3, 0.4) is 0 Å². The molecule has 1 aliphatic heterocycles. The van der Waals surface area contributed by atoms with Gasteiger partial charge in [-0.1, -0.05) is 0 Å². The van der Waals surface area contributed by atoms with Gasteiger partial charge in [-0.05, 0) is 31.4 Å². The van der Waals surface area contributed by atoms with Crippen molar-refractivity contribution in [1.29, 1.82) is 0 Å². The molecule has 1 saturated heterocycles. The van der Waals surface area contributed by atoms with Gasteiger partial charge in [-0.3, -0.25) is 9.59 Å². The average Bonchev–Trinajstić information content (AvgIpc) is 3.33. The summed E-state index contributed by atoms with van der Waals surface area (Å²) in [5, 5.41) is 4.04. The molecule has 2 fully saturated rings. The van der Waals surface area contributed by atoms with Gasteiger partial charge in [-0.2, -0.15) is 0 Å². The van der Waals surface area contributed by atoms with Crippen molar-refractivity contribution < 1.29 is 9.59 Å². The Morgan fingerprint density at radius 3 is 2.97 bits per heavy atom. The van der Waals surface area contributed by atoms with Crippen molar-refractivity contribution in [3.8, 4) is 0 Å². The maximum Gasteiger partial charge on any atom is 0.259 e. The van der Waals surface area contributed by atoms with E-state index in [-0.39, 0.29) is 29.1 Å². The number of H-pyrrole nitrogens is 1. The van der Waals surface area contributed by atoms with Crippen LogP contribution in [0.5, 0.6) is 0 Å². The number of aromatic nitrogens is 4. The number of carbonyl (C=O) groups excluding carboxylic acids is 2. The van der Waals surface area contributed by atoms with Crippen LogP contribution in [0.1, 0.15) is 40.0 Å². The summed E-state index contributed by atoms with van der Waals surface area (Å²) in [5.41, 5.74) is 7.53. The molecule has 1 aliphatic carbocycles. The molecule has 2 aliphatic rings. The molecule has 3 aromatic heterocycles. The third kappa shape index (κ3) is 3.08. The third-order valence-electron chi connectivity index (χ3n) is 6.01. The number of nitrogens with one attached hydrogen (secondary N) is 2. The second-order valence-corrected chi connectivity index (χ2v) is 8.04.